The number of ether oxygens (including phenoxy) is 2. The van der Waals surface area contributed by atoms with Crippen molar-refractivity contribution in [2.45, 2.75) is 47.1 Å². The number of hydrogen-bond donors (Lipinski definition) is 1. The topological polar surface area (TPSA) is 55.8 Å². The van der Waals surface area contributed by atoms with Crippen molar-refractivity contribution in [3.63, 3.8) is 0 Å². The molecule has 0 aliphatic carbocycles. The summed E-state index contributed by atoms with van der Waals surface area (Å²) >= 11 is 0. The van der Waals surface area contributed by atoms with Gasteiger partial charge in [-0.3, -0.25) is 0 Å². The van der Waals surface area contributed by atoms with Crippen molar-refractivity contribution in [3.05, 3.63) is 35.2 Å². The molecule has 1 N–H and O–H groups in total. The number of benzene rings is 1. The second-order valence-corrected chi connectivity index (χ2v) is 7.81. The summed E-state index contributed by atoms with van der Waals surface area (Å²) in [7, 11) is 1.46. The molecular weight excluding hydrogens is 323 g/mol. The standard InChI is InChI=1S/C20H25FO4/c1-11(17(21)18(22)23)12-8-13-14(19(2,3)4)10-20(5,6)25-16(13)9-15(12)24-7/h8-10H,1-7H3,(H,22,23). The van der Waals surface area contributed by atoms with Gasteiger partial charge in [-0.25, -0.2) is 4.79 Å². The molecule has 0 saturated heterocycles. The molecule has 1 heterocycles. The number of rotatable bonds is 3. The molecule has 0 aromatic heterocycles. The Labute approximate surface area is 148 Å². The smallest absolute Gasteiger partial charge is 0.365 e. The number of carbonyl (C=O) groups is 1. The minimum Gasteiger partial charge on any atom is -0.496 e. The fraction of sp³-hybridized carbons (Fsp3) is 0.450. The SMILES string of the molecule is COc1cc2c(cc1C(C)=C(F)C(=O)O)C(C(C)(C)C)=CC(C)(C)O2. The van der Waals surface area contributed by atoms with Crippen LogP contribution in [0.3, 0.4) is 0 Å². The zero-order chi connectivity index (χ0) is 19.2. The van der Waals surface area contributed by atoms with Gasteiger partial charge in [-0.05, 0) is 43.9 Å². The summed E-state index contributed by atoms with van der Waals surface area (Å²) in [6.07, 6.45) is 2.05. The van der Waals surface area contributed by atoms with Gasteiger partial charge in [0.1, 0.15) is 17.1 Å². The predicted octanol–water partition coefficient (Wildman–Crippen LogP) is 5.08. The van der Waals surface area contributed by atoms with Crippen LogP contribution in [-0.2, 0) is 4.79 Å². The Balaban J connectivity index is 2.78. The number of methoxy groups -OCH3 is 1. The van der Waals surface area contributed by atoms with E-state index in [1.807, 2.05) is 13.8 Å². The highest BCUT2D eigenvalue weighted by Crippen LogP contribution is 2.47. The molecule has 0 amide bonds. The molecule has 1 aliphatic rings. The molecular formula is C20H25FO4. The lowest BCUT2D eigenvalue weighted by Gasteiger charge is -2.36. The maximum atomic E-state index is 14.0. The monoisotopic (exact) mass is 348 g/mol. The van der Waals surface area contributed by atoms with E-state index in [4.69, 9.17) is 14.6 Å². The molecule has 1 aromatic carbocycles. The van der Waals surface area contributed by atoms with Crippen LogP contribution in [0.4, 0.5) is 4.39 Å². The molecule has 2 rings (SSSR count). The van der Waals surface area contributed by atoms with Gasteiger partial charge in [-0.2, -0.15) is 4.39 Å². The van der Waals surface area contributed by atoms with E-state index in [0.717, 1.165) is 11.1 Å². The molecule has 0 unspecified atom stereocenters. The largest absolute Gasteiger partial charge is 0.496 e. The third-order valence-electron chi connectivity index (χ3n) is 4.19. The van der Waals surface area contributed by atoms with E-state index in [-0.39, 0.29) is 11.0 Å². The van der Waals surface area contributed by atoms with Gasteiger partial charge in [-0.15, -0.1) is 0 Å². The van der Waals surface area contributed by atoms with Crippen LogP contribution in [-0.4, -0.2) is 23.8 Å². The first-order valence-electron chi connectivity index (χ1n) is 8.12. The van der Waals surface area contributed by atoms with E-state index in [9.17, 15) is 9.18 Å². The van der Waals surface area contributed by atoms with Gasteiger partial charge in [0.15, 0.2) is 0 Å². The molecule has 1 aromatic rings. The normalized spacial score (nSPS) is 17.0. The fourth-order valence-electron chi connectivity index (χ4n) is 2.96. The second-order valence-electron chi connectivity index (χ2n) is 7.81. The maximum absolute atomic E-state index is 14.0. The Hall–Kier alpha value is -2.30. The first-order valence-corrected chi connectivity index (χ1v) is 8.12. The van der Waals surface area contributed by atoms with Crippen molar-refractivity contribution >= 4 is 17.1 Å². The number of halogens is 1. The predicted molar refractivity (Wildman–Crippen MR) is 96.5 cm³/mol. The summed E-state index contributed by atoms with van der Waals surface area (Å²) in [5.74, 6) is -1.78. The van der Waals surface area contributed by atoms with Gasteiger partial charge >= 0.3 is 5.97 Å². The van der Waals surface area contributed by atoms with Gasteiger partial charge in [-0.1, -0.05) is 20.8 Å². The van der Waals surface area contributed by atoms with Crippen molar-refractivity contribution in [1.29, 1.82) is 0 Å². The molecule has 0 atom stereocenters. The average molecular weight is 348 g/mol. The lowest BCUT2D eigenvalue weighted by atomic mass is 9.77. The first-order chi connectivity index (χ1) is 11.4. The van der Waals surface area contributed by atoms with Gasteiger partial charge in [0.25, 0.3) is 0 Å². The van der Waals surface area contributed by atoms with Crippen LogP contribution in [0.15, 0.2) is 24.0 Å². The number of carboxylic acid groups (broad SMARTS) is 1. The summed E-state index contributed by atoms with van der Waals surface area (Å²) < 4.78 is 25.4. The van der Waals surface area contributed by atoms with Crippen LogP contribution >= 0.6 is 0 Å². The number of allylic oxidation sites excluding steroid dienone is 2. The first kappa shape index (κ1) is 19.0. The summed E-state index contributed by atoms with van der Waals surface area (Å²) in [4.78, 5) is 11.0. The molecule has 4 nitrogen and oxygen atoms in total. The second kappa shape index (κ2) is 6.21. The van der Waals surface area contributed by atoms with Crippen molar-refractivity contribution < 1.29 is 23.8 Å². The molecule has 1 aliphatic heterocycles. The van der Waals surface area contributed by atoms with Crippen LogP contribution in [0.1, 0.15) is 52.7 Å². The Morgan fingerprint density at radius 3 is 2.36 bits per heavy atom. The van der Waals surface area contributed by atoms with Crippen molar-refractivity contribution in [2.24, 2.45) is 5.41 Å². The van der Waals surface area contributed by atoms with Crippen LogP contribution in [0.5, 0.6) is 11.5 Å². The molecule has 0 spiro atoms. The zero-order valence-corrected chi connectivity index (χ0v) is 15.8. The minimum absolute atomic E-state index is 0.0187. The van der Waals surface area contributed by atoms with Crippen molar-refractivity contribution in [2.75, 3.05) is 7.11 Å². The van der Waals surface area contributed by atoms with Crippen molar-refractivity contribution in [3.8, 4) is 11.5 Å². The number of fused-ring (bicyclic) bond motifs is 1. The Bertz CT molecular complexity index is 780. The Kier molecular flexibility index (Phi) is 4.73. The van der Waals surface area contributed by atoms with E-state index in [1.165, 1.54) is 14.0 Å². The Morgan fingerprint density at radius 2 is 1.88 bits per heavy atom. The summed E-state index contributed by atoms with van der Waals surface area (Å²) in [5, 5.41) is 8.96. The third-order valence-corrected chi connectivity index (χ3v) is 4.19. The van der Waals surface area contributed by atoms with Crippen LogP contribution in [0.2, 0.25) is 0 Å². The average Bonchev–Trinajstić information content (AvgIpc) is 2.49. The van der Waals surface area contributed by atoms with E-state index < -0.39 is 17.4 Å². The fourth-order valence-corrected chi connectivity index (χ4v) is 2.96. The highest BCUT2D eigenvalue weighted by Gasteiger charge is 2.33. The molecule has 0 saturated carbocycles. The number of carboxylic acids is 1. The van der Waals surface area contributed by atoms with E-state index >= 15 is 0 Å². The molecule has 0 fully saturated rings. The van der Waals surface area contributed by atoms with E-state index in [1.54, 1.807) is 12.1 Å². The maximum Gasteiger partial charge on any atom is 0.365 e. The summed E-state index contributed by atoms with van der Waals surface area (Å²) in [6.45, 7) is 11.6. The molecule has 0 radical (unpaired) electrons. The number of hydrogen-bond acceptors (Lipinski definition) is 3. The van der Waals surface area contributed by atoms with Gasteiger partial charge in [0.05, 0.1) is 7.11 Å². The molecule has 25 heavy (non-hydrogen) atoms. The summed E-state index contributed by atoms with van der Waals surface area (Å²) in [6, 6.07) is 3.45. The van der Waals surface area contributed by atoms with E-state index in [0.29, 0.717) is 17.1 Å². The highest BCUT2D eigenvalue weighted by atomic mass is 19.1. The third kappa shape index (κ3) is 3.70. The quantitative estimate of drug-likeness (QED) is 0.774. The van der Waals surface area contributed by atoms with E-state index in [2.05, 4.69) is 26.8 Å². The van der Waals surface area contributed by atoms with Gasteiger partial charge < -0.3 is 14.6 Å². The molecule has 136 valence electrons. The van der Waals surface area contributed by atoms with Crippen LogP contribution in [0, 0.1) is 5.41 Å². The van der Waals surface area contributed by atoms with Crippen molar-refractivity contribution in [1.82, 2.24) is 0 Å². The lowest BCUT2D eigenvalue weighted by Crippen LogP contribution is -2.31. The molecule has 0 bridgehead atoms. The molecule has 5 heteroatoms. The highest BCUT2D eigenvalue weighted by molar-refractivity contribution is 5.95. The lowest BCUT2D eigenvalue weighted by molar-refractivity contribution is -0.134. The van der Waals surface area contributed by atoms with Gasteiger partial charge in [0, 0.05) is 22.8 Å². The minimum atomic E-state index is -1.60. The number of aliphatic carboxylic acids is 1. The van der Waals surface area contributed by atoms with Gasteiger partial charge in [0.2, 0.25) is 5.83 Å². The zero-order valence-electron chi connectivity index (χ0n) is 15.8. The van der Waals surface area contributed by atoms with Crippen LogP contribution in [0.25, 0.3) is 11.1 Å². The van der Waals surface area contributed by atoms with Crippen LogP contribution < -0.4 is 9.47 Å². The Morgan fingerprint density at radius 1 is 1.28 bits per heavy atom. The summed E-state index contributed by atoms with van der Waals surface area (Å²) in [5.41, 5.74) is 1.65.